The minimum absolute atomic E-state index is 0.00480. The van der Waals surface area contributed by atoms with Crippen LogP contribution in [-0.4, -0.2) is 11.5 Å². The van der Waals surface area contributed by atoms with Gasteiger partial charge in [0.15, 0.2) is 0 Å². The first kappa shape index (κ1) is 15.6. The highest BCUT2D eigenvalue weighted by molar-refractivity contribution is 5.62. The van der Waals surface area contributed by atoms with Gasteiger partial charge in [-0.05, 0) is 29.8 Å². The first-order valence-electron chi connectivity index (χ1n) is 6.18. The maximum absolute atomic E-state index is 13.4. The minimum Gasteiger partial charge on any atom is -0.435 e. The molecule has 0 atom stereocenters. The van der Waals surface area contributed by atoms with Crippen LogP contribution in [0.1, 0.15) is 5.56 Å². The molecule has 0 amide bonds. The molecule has 22 heavy (non-hydrogen) atoms. The van der Waals surface area contributed by atoms with Gasteiger partial charge in [-0.3, -0.25) is 10.1 Å². The molecule has 0 aliphatic carbocycles. The summed E-state index contributed by atoms with van der Waals surface area (Å²) < 4.78 is 42.0. The first-order chi connectivity index (χ1) is 10.5. The topological polar surface area (TPSA) is 64.4 Å². The first-order valence-corrected chi connectivity index (χ1v) is 6.18. The Morgan fingerprint density at radius 1 is 1.23 bits per heavy atom. The number of hydrogen-bond donors (Lipinski definition) is 1. The molecular weight excluding hydrogens is 301 g/mol. The van der Waals surface area contributed by atoms with E-state index in [1.807, 2.05) is 0 Å². The van der Waals surface area contributed by atoms with Crippen molar-refractivity contribution >= 4 is 11.4 Å². The number of hydrogen-bond acceptors (Lipinski definition) is 4. The van der Waals surface area contributed by atoms with Crippen LogP contribution in [0.3, 0.4) is 0 Å². The van der Waals surface area contributed by atoms with E-state index in [1.165, 1.54) is 30.3 Å². The molecule has 0 saturated carbocycles. The molecule has 116 valence electrons. The Labute approximate surface area is 123 Å². The van der Waals surface area contributed by atoms with E-state index in [-0.39, 0.29) is 18.0 Å². The second kappa shape index (κ2) is 6.79. The van der Waals surface area contributed by atoms with E-state index in [2.05, 4.69) is 10.1 Å². The van der Waals surface area contributed by atoms with E-state index in [1.54, 1.807) is 6.07 Å². The molecule has 0 spiro atoms. The summed E-state index contributed by atoms with van der Waals surface area (Å²) in [5.74, 6) is -0.979. The van der Waals surface area contributed by atoms with Gasteiger partial charge >= 0.3 is 12.3 Å². The average molecular weight is 312 g/mol. The summed E-state index contributed by atoms with van der Waals surface area (Å²) in [5, 5.41) is 13.6. The number of halogens is 3. The molecule has 2 rings (SSSR count). The van der Waals surface area contributed by atoms with Gasteiger partial charge in [-0.15, -0.1) is 0 Å². The molecule has 0 radical (unpaired) electrons. The lowest BCUT2D eigenvalue weighted by Gasteiger charge is -2.09. The number of nitrogens with zero attached hydrogens (tertiary/aromatic N) is 1. The monoisotopic (exact) mass is 312 g/mol. The predicted molar refractivity (Wildman–Crippen MR) is 73.5 cm³/mol. The zero-order valence-electron chi connectivity index (χ0n) is 11.1. The van der Waals surface area contributed by atoms with Crippen molar-refractivity contribution < 1.29 is 22.8 Å². The third-order valence-corrected chi connectivity index (χ3v) is 2.78. The van der Waals surface area contributed by atoms with E-state index in [0.717, 1.165) is 6.07 Å². The molecule has 0 aromatic heterocycles. The van der Waals surface area contributed by atoms with Crippen molar-refractivity contribution in [1.29, 1.82) is 0 Å². The van der Waals surface area contributed by atoms with Gasteiger partial charge in [0.1, 0.15) is 11.4 Å². The van der Waals surface area contributed by atoms with Gasteiger partial charge in [-0.1, -0.05) is 18.2 Å². The van der Waals surface area contributed by atoms with Crippen molar-refractivity contribution in [1.82, 2.24) is 0 Å². The van der Waals surface area contributed by atoms with E-state index < -0.39 is 23.0 Å². The van der Waals surface area contributed by atoms with Gasteiger partial charge in [-0.25, -0.2) is 0 Å². The van der Waals surface area contributed by atoms with Gasteiger partial charge < -0.3 is 10.1 Å². The van der Waals surface area contributed by atoms with Crippen LogP contribution < -0.4 is 10.1 Å². The smallest absolute Gasteiger partial charge is 0.387 e. The van der Waals surface area contributed by atoms with E-state index in [0.29, 0.717) is 5.56 Å². The van der Waals surface area contributed by atoms with Gasteiger partial charge in [0.2, 0.25) is 5.82 Å². The fourth-order valence-corrected chi connectivity index (χ4v) is 1.87. The van der Waals surface area contributed by atoms with Crippen molar-refractivity contribution in [2.24, 2.45) is 0 Å². The second-order valence-corrected chi connectivity index (χ2v) is 4.27. The minimum atomic E-state index is -2.94. The highest BCUT2D eigenvalue weighted by Crippen LogP contribution is 2.28. The number of nitrogens with one attached hydrogen (secondary N) is 1. The number of nitro groups is 1. The maximum atomic E-state index is 13.4. The number of anilines is 1. The highest BCUT2D eigenvalue weighted by Gasteiger charge is 2.19. The predicted octanol–water partition coefficient (Wildman–Crippen LogP) is 3.95. The summed E-state index contributed by atoms with van der Waals surface area (Å²) in [5.41, 5.74) is -0.107. The summed E-state index contributed by atoms with van der Waals surface area (Å²) in [6, 6.07) is 9.54. The Morgan fingerprint density at radius 3 is 2.64 bits per heavy atom. The average Bonchev–Trinajstić information content (AvgIpc) is 2.44. The summed E-state index contributed by atoms with van der Waals surface area (Å²) >= 11 is 0. The third kappa shape index (κ3) is 3.87. The Bertz CT molecular complexity index is 680. The Morgan fingerprint density at radius 2 is 1.95 bits per heavy atom. The SMILES string of the molecule is O=[N+]([O-])c1c(F)cccc1NCc1cccc(OC(F)F)c1. The summed E-state index contributed by atoms with van der Waals surface area (Å²) in [6.07, 6.45) is 0. The Kier molecular flexibility index (Phi) is 4.82. The molecule has 8 heteroatoms. The van der Waals surface area contributed by atoms with Gasteiger partial charge in [0, 0.05) is 6.54 Å². The molecule has 1 N–H and O–H groups in total. The molecule has 0 saturated heterocycles. The second-order valence-electron chi connectivity index (χ2n) is 4.27. The van der Waals surface area contributed by atoms with Crippen LogP contribution in [0.4, 0.5) is 24.5 Å². The molecular formula is C14H11F3N2O3. The molecule has 0 fully saturated rings. The van der Waals surface area contributed by atoms with Gasteiger partial charge in [0.25, 0.3) is 0 Å². The molecule has 5 nitrogen and oxygen atoms in total. The zero-order chi connectivity index (χ0) is 16.1. The van der Waals surface area contributed by atoms with E-state index >= 15 is 0 Å². The molecule has 0 aliphatic rings. The number of alkyl halides is 2. The summed E-state index contributed by atoms with van der Waals surface area (Å²) in [4.78, 5) is 10.0. The largest absolute Gasteiger partial charge is 0.435 e. The lowest BCUT2D eigenvalue weighted by molar-refractivity contribution is -0.386. The number of ether oxygens (including phenoxy) is 1. The van der Waals surface area contributed by atoms with Crippen LogP contribution in [0, 0.1) is 15.9 Å². The number of para-hydroxylation sites is 1. The van der Waals surface area contributed by atoms with Crippen molar-refractivity contribution in [2.75, 3.05) is 5.32 Å². The van der Waals surface area contributed by atoms with E-state index in [9.17, 15) is 23.3 Å². The highest BCUT2D eigenvalue weighted by atomic mass is 19.3. The van der Waals surface area contributed by atoms with Gasteiger partial charge in [-0.2, -0.15) is 13.2 Å². The lowest BCUT2D eigenvalue weighted by atomic mass is 10.2. The van der Waals surface area contributed by atoms with Crippen molar-refractivity contribution in [3.63, 3.8) is 0 Å². The van der Waals surface area contributed by atoms with Crippen molar-refractivity contribution in [3.05, 3.63) is 64.0 Å². The lowest BCUT2D eigenvalue weighted by Crippen LogP contribution is -2.05. The number of rotatable bonds is 6. The summed E-state index contributed by atoms with van der Waals surface area (Å²) in [6.45, 7) is -2.85. The van der Waals surface area contributed by atoms with Crippen LogP contribution in [0.5, 0.6) is 5.75 Å². The van der Waals surface area contributed by atoms with Crippen LogP contribution in [0.15, 0.2) is 42.5 Å². The molecule has 2 aromatic rings. The fraction of sp³-hybridized carbons (Fsp3) is 0.143. The normalized spacial score (nSPS) is 10.5. The zero-order valence-corrected chi connectivity index (χ0v) is 11.1. The standard InChI is InChI=1S/C14H11F3N2O3/c15-11-5-2-6-12(13(11)19(20)21)18-8-9-3-1-4-10(7-9)22-14(16)17/h1-7,14,18H,8H2. The number of nitro benzene ring substituents is 1. The molecule has 0 aliphatic heterocycles. The van der Waals surface area contributed by atoms with Crippen LogP contribution in [0.2, 0.25) is 0 Å². The molecule has 0 unspecified atom stereocenters. The van der Waals surface area contributed by atoms with Crippen molar-refractivity contribution in [3.8, 4) is 5.75 Å². The molecule has 0 bridgehead atoms. The van der Waals surface area contributed by atoms with E-state index in [4.69, 9.17) is 0 Å². The Hall–Kier alpha value is -2.77. The Balaban J connectivity index is 2.14. The van der Waals surface area contributed by atoms with Crippen LogP contribution in [0.25, 0.3) is 0 Å². The van der Waals surface area contributed by atoms with Crippen molar-refractivity contribution in [2.45, 2.75) is 13.2 Å². The quantitative estimate of drug-likeness (QED) is 0.648. The summed E-state index contributed by atoms with van der Waals surface area (Å²) in [7, 11) is 0. The third-order valence-electron chi connectivity index (χ3n) is 2.78. The van der Waals surface area contributed by atoms with Crippen LogP contribution >= 0.6 is 0 Å². The fourth-order valence-electron chi connectivity index (χ4n) is 1.87. The molecule has 2 aromatic carbocycles. The number of benzene rings is 2. The maximum Gasteiger partial charge on any atom is 0.387 e. The van der Waals surface area contributed by atoms with Gasteiger partial charge in [0.05, 0.1) is 4.92 Å². The van der Waals surface area contributed by atoms with Crippen LogP contribution in [-0.2, 0) is 6.54 Å². The molecule has 0 heterocycles.